The summed E-state index contributed by atoms with van der Waals surface area (Å²) >= 11 is 11.8. The van der Waals surface area contributed by atoms with E-state index in [9.17, 15) is 14.7 Å². The maximum atomic E-state index is 12.5. The molecular weight excluding hydrogens is 408 g/mol. The highest BCUT2D eigenvalue weighted by Gasteiger charge is 2.31. The summed E-state index contributed by atoms with van der Waals surface area (Å²) in [6.07, 6.45) is 5.85. The summed E-state index contributed by atoms with van der Waals surface area (Å²) in [4.78, 5) is 25.4. The van der Waals surface area contributed by atoms with E-state index in [1.165, 1.54) is 6.42 Å². The first-order chi connectivity index (χ1) is 13.0. The molecule has 27 heavy (non-hydrogen) atoms. The van der Waals surface area contributed by atoms with Crippen LogP contribution in [0.3, 0.4) is 0 Å². The predicted octanol–water partition coefficient (Wildman–Crippen LogP) is 6.58. The Bertz CT molecular complexity index is 560. The molecule has 0 aliphatic heterocycles. The first kappa shape index (κ1) is 24.0. The number of unbranched alkanes of at least 4 members (excludes halogenated alkanes) is 5. The van der Waals surface area contributed by atoms with Crippen molar-refractivity contribution < 1.29 is 19.4 Å². The van der Waals surface area contributed by atoms with E-state index >= 15 is 0 Å². The Labute approximate surface area is 172 Å². The van der Waals surface area contributed by atoms with Crippen LogP contribution in [0.2, 0.25) is 0 Å². The minimum Gasteiger partial charge on any atom is -0.480 e. The SMILES string of the molecule is CCCCCCCCC(C(=O)O)N(CP(Cl)Cl)C(=O)OCc1ccccc1. The Balaban J connectivity index is 2.65. The van der Waals surface area contributed by atoms with Gasteiger partial charge in [0, 0.05) is 0 Å². The maximum absolute atomic E-state index is 12.5. The van der Waals surface area contributed by atoms with Gasteiger partial charge in [-0.2, -0.15) is 0 Å². The molecule has 1 rings (SSSR count). The molecule has 1 amide bonds. The minimum absolute atomic E-state index is 0.0289. The van der Waals surface area contributed by atoms with Gasteiger partial charge < -0.3 is 9.84 Å². The Morgan fingerprint density at radius 3 is 2.33 bits per heavy atom. The van der Waals surface area contributed by atoms with Crippen molar-refractivity contribution in [3.8, 4) is 0 Å². The first-order valence-electron chi connectivity index (χ1n) is 9.25. The topological polar surface area (TPSA) is 66.8 Å². The van der Waals surface area contributed by atoms with Gasteiger partial charge in [-0.05, 0) is 12.0 Å². The van der Waals surface area contributed by atoms with Crippen molar-refractivity contribution in [2.45, 2.75) is 64.5 Å². The number of amides is 1. The van der Waals surface area contributed by atoms with Crippen LogP contribution in [-0.4, -0.2) is 34.4 Å². The lowest BCUT2D eigenvalue weighted by Gasteiger charge is -2.28. The molecule has 8 heteroatoms. The highest BCUT2D eigenvalue weighted by Crippen LogP contribution is 2.47. The normalized spacial score (nSPS) is 12.0. The number of carbonyl (C=O) groups excluding carboxylic acids is 1. The van der Waals surface area contributed by atoms with Crippen LogP contribution in [0.5, 0.6) is 0 Å². The Hall–Kier alpha value is -1.03. The van der Waals surface area contributed by atoms with Crippen LogP contribution in [0, 0.1) is 0 Å². The van der Waals surface area contributed by atoms with Crippen molar-refractivity contribution in [2.75, 3.05) is 6.29 Å². The third-order valence-electron chi connectivity index (χ3n) is 4.19. The fourth-order valence-electron chi connectivity index (χ4n) is 2.73. The van der Waals surface area contributed by atoms with Crippen molar-refractivity contribution in [1.29, 1.82) is 0 Å². The molecule has 0 radical (unpaired) electrons. The zero-order valence-corrected chi connectivity index (χ0v) is 18.1. The van der Waals surface area contributed by atoms with Gasteiger partial charge >= 0.3 is 12.1 Å². The number of carbonyl (C=O) groups is 2. The molecule has 1 atom stereocenters. The fraction of sp³-hybridized carbons (Fsp3) is 0.579. The van der Waals surface area contributed by atoms with Gasteiger partial charge in [-0.25, -0.2) is 9.59 Å². The second-order valence-corrected chi connectivity index (χ2v) is 10.2. The Kier molecular flexibility index (Phi) is 12.5. The van der Waals surface area contributed by atoms with Crippen LogP contribution in [0.1, 0.15) is 57.4 Å². The van der Waals surface area contributed by atoms with E-state index in [-0.39, 0.29) is 12.9 Å². The molecule has 0 spiro atoms. The number of benzene rings is 1. The number of hydrogen-bond donors (Lipinski definition) is 1. The van der Waals surface area contributed by atoms with E-state index in [4.69, 9.17) is 27.2 Å². The number of halogens is 2. The summed E-state index contributed by atoms with van der Waals surface area (Å²) in [5, 5.41) is 9.60. The Morgan fingerprint density at radius 1 is 1.11 bits per heavy atom. The van der Waals surface area contributed by atoms with Crippen LogP contribution in [0.25, 0.3) is 0 Å². The number of carboxylic acid groups (broad SMARTS) is 1. The molecule has 0 aliphatic rings. The molecule has 0 fully saturated rings. The van der Waals surface area contributed by atoms with Gasteiger partial charge in [0.25, 0.3) is 0 Å². The Morgan fingerprint density at radius 2 is 1.74 bits per heavy atom. The second kappa shape index (κ2) is 14.0. The molecule has 0 saturated heterocycles. The quantitative estimate of drug-likeness (QED) is 0.280. The van der Waals surface area contributed by atoms with Gasteiger partial charge in [-0.1, -0.05) is 98.3 Å². The predicted molar refractivity (Wildman–Crippen MR) is 111 cm³/mol. The van der Waals surface area contributed by atoms with E-state index in [1.54, 1.807) is 0 Å². The third-order valence-corrected chi connectivity index (χ3v) is 5.35. The number of rotatable bonds is 13. The van der Waals surface area contributed by atoms with E-state index in [2.05, 4.69) is 6.92 Å². The summed E-state index contributed by atoms with van der Waals surface area (Å²) in [6.45, 7) is 0.705. The number of hydrogen-bond acceptors (Lipinski definition) is 3. The van der Waals surface area contributed by atoms with Gasteiger partial charge in [-0.15, -0.1) is 0 Å². The van der Waals surface area contributed by atoms with Gasteiger partial charge in [0.2, 0.25) is 0 Å². The van der Waals surface area contributed by atoms with Crippen LogP contribution in [0.4, 0.5) is 4.79 Å². The first-order valence-corrected chi connectivity index (χ1v) is 12.6. The minimum atomic E-state index is -1.51. The fourth-order valence-corrected chi connectivity index (χ4v) is 3.97. The van der Waals surface area contributed by atoms with Gasteiger partial charge in [0.15, 0.2) is 0 Å². The van der Waals surface area contributed by atoms with E-state index < -0.39 is 24.7 Å². The van der Waals surface area contributed by atoms with Crippen LogP contribution >= 0.6 is 29.1 Å². The molecule has 152 valence electrons. The number of ether oxygens (including phenoxy) is 1. The maximum Gasteiger partial charge on any atom is 0.411 e. The van der Waals surface area contributed by atoms with Crippen molar-refractivity contribution in [2.24, 2.45) is 0 Å². The zero-order chi connectivity index (χ0) is 20.1. The summed E-state index contributed by atoms with van der Waals surface area (Å²) in [5.74, 6) is -1.06. The molecule has 0 heterocycles. The zero-order valence-electron chi connectivity index (χ0n) is 15.7. The van der Waals surface area contributed by atoms with Crippen molar-refractivity contribution >= 4 is 41.2 Å². The molecular formula is C19H28Cl2NO4P. The molecule has 5 nitrogen and oxygen atoms in total. The molecule has 0 aliphatic carbocycles. The smallest absolute Gasteiger partial charge is 0.411 e. The largest absolute Gasteiger partial charge is 0.480 e. The molecule has 0 bridgehead atoms. The van der Waals surface area contributed by atoms with Crippen LogP contribution < -0.4 is 0 Å². The van der Waals surface area contributed by atoms with E-state index in [1.807, 2.05) is 30.3 Å². The van der Waals surface area contributed by atoms with Crippen molar-refractivity contribution in [1.82, 2.24) is 4.90 Å². The second-order valence-electron chi connectivity index (χ2n) is 6.36. The van der Waals surface area contributed by atoms with E-state index in [0.29, 0.717) is 6.42 Å². The summed E-state index contributed by atoms with van der Waals surface area (Å²) in [6, 6.07) is 8.23. The number of aliphatic carboxylic acids is 1. The molecule has 1 N–H and O–H groups in total. The lowest BCUT2D eigenvalue weighted by Crippen LogP contribution is -2.45. The summed E-state index contributed by atoms with van der Waals surface area (Å²) in [7, 11) is 0. The average molecular weight is 436 g/mol. The lowest BCUT2D eigenvalue weighted by atomic mass is 10.1. The van der Waals surface area contributed by atoms with Crippen molar-refractivity contribution in [3.63, 3.8) is 0 Å². The highest BCUT2D eigenvalue weighted by atomic mass is 35.9. The van der Waals surface area contributed by atoms with Crippen LogP contribution in [0.15, 0.2) is 30.3 Å². The van der Waals surface area contributed by atoms with Gasteiger partial charge in [-0.3, -0.25) is 4.90 Å². The average Bonchev–Trinajstić information content (AvgIpc) is 2.64. The summed E-state index contributed by atoms with van der Waals surface area (Å²) in [5.41, 5.74) is 0.826. The van der Waals surface area contributed by atoms with Crippen LogP contribution in [-0.2, 0) is 16.1 Å². The van der Waals surface area contributed by atoms with E-state index in [0.717, 1.165) is 42.6 Å². The monoisotopic (exact) mass is 435 g/mol. The molecule has 0 aromatic heterocycles. The molecule has 1 unspecified atom stereocenters. The highest BCUT2D eigenvalue weighted by molar-refractivity contribution is 8.03. The third kappa shape index (κ3) is 10.2. The van der Waals surface area contributed by atoms with Gasteiger partial charge in [0.05, 0.1) is 6.29 Å². The molecule has 1 aromatic carbocycles. The standard InChI is InChI=1S/C19H28Cl2NO4P/c1-2-3-4-5-6-10-13-17(18(23)24)22(15-27(20)21)19(25)26-14-16-11-8-7-9-12-16/h7-9,11-12,17H,2-6,10,13-15H2,1H3,(H,23,24). The van der Waals surface area contributed by atoms with Crippen molar-refractivity contribution in [3.05, 3.63) is 35.9 Å². The molecule has 1 aromatic rings. The number of carboxylic acids is 1. The molecule has 0 saturated carbocycles. The van der Waals surface area contributed by atoms with Gasteiger partial charge in [0.1, 0.15) is 19.3 Å². The summed E-state index contributed by atoms with van der Waals surface area (Å²) < 4.78 is 5.30. The lowest BCUT2D eigenvalue weighted by molar-refractivity contribution is -0.142. The number of nitrogens with zero attached hydrogens (tertiary/aromatic N) is 1.